The molecule has 0 radical (unpaired) electrons. The number of benzene rings is 1. The second kappa shape index (κ2) is 5.94. The van der Waals surface area contributed by atoms with Gasteiger partial charge < -0.3 is 9.84 Å². The van der Waals surface area contributed by atoms with E-state index in [0.29, 0.717) is 18.9 Å². The molecule has 1 aromatic heterocycles. The first-order chi connectivity index (χ1) is 8.72. The molecule has 1 heterocycles. The fourth-order valence-electron chi connectivity index (χ4n) is 2.29. The van der Waals surface area contributed by atoms with Gasteiger partial charge in [-0.15, -0.1) is 0 Å². The van der Waals surface area contributed by atoms with E-state index < -0.39 is 6.10 Å². The first-order valence-corrected chi connectivity index (χ1v) is 6.22. The number of nitrogens with zero attached hydrogens (tertiary/aromatic N) is 1. The highest BCUT2D eigenvalue weighted by atomic mass is 16.5. The predicted octanol–water partition coefficient (Wildman–Crippen LogP) is 2.94. The summed E-state index contributed by atoms with van der Waals surface area (Å²) in [6, 6.07) is 7.94. The van der Waals surface area contributed by atoms with Crippen molar-refractivity contribution in [2.24, 2.45) is 5.92 Å². The Kier molecular flexibility index (Phi) is 4.28. The van der Waals surface area contributed by atoms with E-state index in [-0.39, 0.29) is 0 Å². The van der Waals surface area contributed by atoms with Gasteiger partial charge in [-0.1, -0.05) is 25.1 Å². The van der Waals surface area contributed by atoms with E-state index in [4.69, 9.17) is 4.74 Å². The van der Waals surface area contributed by atoms with Crippen molar-refractivity contribution in [3.05, 3.63) is 42.2 Å². The van der Waals surface area contributed by atoms with Crippen molar-refractivity contribution in [2.45, 2.75) is 19.4 Å². The van der Waals surface area contributed by atoms with Gasteiger partial charge in [0.2, 0.25) is 0 Å². The number of hydrogen-bond acceptors (Lipinski definition) is 3. The van der Waals surface area contributed by atoms with Gasteiger partial charge in [0, 0.05) is 31.5 Å². The Morgan fingerprint density at radius 1 is 1.33 bits per heavy atom. The van der Waals surface area contributed by atoms with Gasteiger partial charge in [0.25, 0.3) is 0 Å². The molecule has 0 aliphatic heterocycles. The Morgan fingerprint density at radius 2 is 2.17 bits per heavy atom. The number of methoxy groups -OCH3 is 1. The molecule has 0 amide bonds. The quantitative estimate of drug-likeness (QED) is 0.880. The van der Waals surface area contributed by atoms with Crippen LogP contribution in [0.3, 0.4) is 0 Å². The summed E-state index contributed by atoms with van der Waals surface area (Å²) in [5, 5.41) is 12.5. The molecule has 2 atom stereocenters. The third-order valence-corrected chi connectivity index (χ3v) is 3.15. The zero-order chi connectivity index (χ0) is 13.0. The third-order valence-electron chi connectivity index (χ3n) is 3.15. The molecule has 0 saturated carbocycles. The molecular weight excluding hydrogens is 226 g/mol. The standard InChI is InChI=1S/C15H19NO2/c1-11(10-18-2)8-15(17)13-5-3-4-12-6-7-16-9-14(12)13/h3-7,9,11,15,17H,8,10H2,1-2H3. The predicted molar refractivity (Wildman–Crippen MR) is 72.4 cm³/mol. The fourth-order valence-corrected chi connectivity index (χ4v) is 2.29. The number of fused-ring (bicyclic) bond motifs is 1. The molecule has 0 spiro atoms. The highest BCUT2D eigenvalue weighted by molar-refractivity contribution is 5.85. The number of aromatic nitrogens is 1. The van der Waals surface area contributed by atoms with Gasteiger partial charge in [-0.05, 0) is 29.4 Å². The lowest BCUT2D eigenvalue weighted by Crippen LogP contribution is -2.09. The van der Waals surface area contributed by atoms with Gasteiger partial charge in [-0.25, -0.2) is 0 Å². The molecule has 0 aliphatic carbocycles. The van der Waals surface area contributed by atoms with Crippen molar-refractivity contribution in [2.75, 3.05) is 13.7 Å². The van der Waals surface area contributed by atoms with E-state index in [2.05, 4.69) is 11.9 Å². The largest absolute Gasteiger partial charge is 0.388 e. The minimum Gasteiger partial charge on any atom is -0.388 e. The van der Waals surface area contributed by atoms with Crippen LogP contribution in [0.25, 0.3) is 10.8 Å². The Bertz CT molecular complexity index is 507. The van der Waals surface area contributed by atoms with Crippen molar-refractivity contribution in [3.8, 4) is 0 Å². The summed E-state index contributed by atoms with van der Waals surface area (Å²) in [5.41, 5.74) is 0.948. The summed E-state index contributed by atoms with van der Waals surface area (Å²) < 4.78 is 5.10. The van der Waals surface area contributed by atoms with Crippen LogP contribution in [-0.2, 0) is 4.74 Å². The second-order valence-corrected chi connectivity index (χ2v) is 4.76. The highest BCUT2D eigenvalue weighted by Gasteiger charge is 2.14. The van der Waals surface area contributed by atoms with Crippen molar-refractivity contribution in [1.82, 2.24) is 4.98 Å². The Labute approximate surface area is 107 Å². The first kappa shape index (κ1) is 13.0. The topological polar surface area (TPSA) is 42.4 Å². The molecule has 2 rings (SSSR count). The van der Waals surface area contributed by atoms with E-state index in [1.54, 1.807) is 13.3 Å². The number of aliphatic hydroxyl groups excluding tert-OH is 1. The number of hydrogen-bond donors (Lipinski definition) is 1. The fraction of sp³-hybridized carbons (Fsp3) is 0.400. The van der Waals surface area contributed by atoms with Crippen molar-refractivity contribution in [3.63, 3.8) is 0 Å². The minimum absolute atomic E-state index is 0.330. The Hall–Kier alpha value is -1.45. The lowest BCUT2D eigenvalue weighted by Gasteiger charge is -2.17. The van der Waals surface area contributed by atoms with Gasteiger partial charge >= 0.3 is 0 Å². The lowest BCUT2D eigenvalue weighted by atomic mass is 9.95. The highest BCUT2D eigenvalue weighted by Crippen LogP contribution is 2.27. The number of aliphatic hydroxyl groups is 1. The van der Waals surface area contributed by atoms with Crippen LogP contribution in [0.1, 0.15) is 25.0 Å². The Morgan fingerprint density at radius 3 is 2.94 bits per heavy atom. The van der Waals surface area contributed by atoms with Crippen LogP contribution < -0.4 is 0 Å². The maximum atomic E-state index is 10.3. The molecule has 3 nitrogen and oxygen atoms in total. The lowest BCUT2D eigenvalue weighted by molar-refractivity contribution is 0.102. The summed E-state index contributed by atoms with van der Waals surface area (Å²) >= 11 is 0. The summed E-state index contributed by atoms with van der Waals surface area (Å²) in [7, 11) is 1.69. The molecule has 1 aromatic carbocycles. The molecule has 0 fully saturated rings. The number of pyridine rings is 1. The van der Waals surface area contributed by atoms with E-state index >= 15 is 0 Å². The minimum atomic E-state index is -0.469. The SMILES string of the molecule is COCC(C)CC(O)c1cccc2ccncc12. The third kappa shape index (κ3) is 2.86. The average molecular weight is 245 g/mol. The number of rotatable bonds is 5. The van der Waals surface area contributed by atoms with Crippen LogP contribution >= 0.6 is 0 Å². The molecular formula is C15H19NO2. The maximum Gasteiger partial charge on any atom is 0.0800 e. The van der Waals surface area contributed by atoms with Gasteiger partial charge in [0.15, 0.2) is 0 Å². The van der Waals surface area contributed by atoms with Crippen LogP contribution in [0, 0.1) is 5.92 Å². The maximum absolute atomic E-state index is 10.3. The molecule has 96 valence electrons. The molecule has 3 heteroatoms. The van der Waals surface area contributed by atoms with Crippen molar-refractivity contribution < 1.29 is 9.84 Å². The number of ether oxygens (including phenoxy) is 1. The van der Waals surface area contributed by atoms with Crippen LogP contribution in [0.2, 0.25) is 0 Å². The normalized spacial score (nSPS) is 14.6. The average Bonchev–Trinajstić information content (AvgIpc) is 2.38. The summed E-state index contributed by atoms with van der Waals surface area (Å²) in [6.45, 7) is 2.75. The smallest absolute Gasteiger partial charge is 0.0800 e. The summed E-state index contributed by atoms with van der Waals surface area (Å²) in [6.07, 6.45) is 3.81. The van der Waals surface area contributed by atoms with Gasteiger partial charge in [-0.3, -0.25) is 4.98 Å². The monoisotopic (exact) mass is 245 g/mol. The second-order valence-electron chi connectivity index (χ2n) is 4.76. The van der Waals surface area contributed by atoms with Crippen LogP contribution in [0.15, 0.2) is 36.7 Å². The van der Waals surface area contributed by atoms with Gasteiger partial charge in [-0.2, -0.15) is 0 Å². The molecule has 18 heavy (non-hydrogen) atoms. The Balaban J connectivity index is 2.24. The summed E-state index contributed by atoms with van der Waals surface area (Å²) in [5.74, 6) is 0.330. The zero-order valence-corrected chi connectivity index (χ0v) is 10.8. The summed E-state index contributed by atoms with van der Waals surface area (Å²) in [4.78, 5) is 4.14. The van der Waals surface area contributed by atoms with E-state index in [9.17, 15) is 5.11 Å². The van der Waals surface area contributed by atoms with Crippen LogP contribution in [0.4, 0.5) is 0 Å². The molecule has 0 saturated heterocycles. The van der Waals surface area contributed by atoms with Gasteiger partial charge in [0.1, 0.15) is 0 Å². The molecule has 2 aromatic rings. The molecule has 2 unspecified atom stereocenters. The van der Waals surface area contributed by atoms with Gasteiger partial charge in [0.05, 0.1) is 6.10 Å². The van der Waals surface area contributed by atoms with Crippen molar-refractivity contribution >= 4 is 10.8 Å². The van der Waals surface area contributed by atoms with Crippen LogP contribution in [0.5, 0.6) is 0 Å². The zero-order valence-electron chi connectivity index (χ0n) is 10.8. The van der Waals surface area contributed by atoms with Crippen molar-refractivity contribution in [1.29, 1.82) is 0 Å². The molecule has 0 bridgehead atoms. The van der Waals surface area contributed by atoms with E-state index in [1.165, 1.54) is 0 Å². The molecule has 0 aliphatic rings. The first-order valence-electron chi connectivity index (χ1n) is 6.22. The van der Waals surface area contributed by atoms with E-state index in [0.717, 1.165) is 16.3 Å². The van der Waals surface area contributed by atoms with E-state index in [1.807, 2.05) is 30.5 Å². The van der Waals surface area contributed by atoms with Crippen LogP contribution in [-0.4, -0.2) is 23.8 Å². The molecule has 1 N–H and O–H groups in total.